The molecule has 120 valence electrons. The van der Waals surface area contributed by atoms with Crippen molar-refractivity contribution in [3.05, 3.63) is 0 Å². The lowest BCUT2D eigenvalue weighted by Crippen LogP contribution is -2.43. The highest BCUT2D eigenvalue weighted by molar-refractivity contribution is 5.77. The van der Waals surface area contributed by atoms with Crippen molar-refractivity contribution in [2.45, 2.75) is 46.6 Å². The maximum Gasteiger partial charge on any atom is 0.246 e. The Morgan fingerprint density at radius 2 is 1.75 bits per heavy atom. The zero-order chi connectivity index (χ0) is 15.2. The molecule has 0 aromatic rings. The van der Waals surface area contributed by atoms with Gasteiger partial charge in [-0.15, -0.1) is 0 Å². The summed E-state index contributed by atoms with van der Waals surface area (Å²) in [5.74, 6) is 0.370. The number of hydrogen-bond donors (Lipinski definition) is 1. The van der Waals surface area contributed by atoms with E-state index in [1.807, 2.05) is 6.92 Å². The van der Waals surface area contributed by atoms with Gasteiger partial charge in [-0.3, -0.25) is 4.79 Å². The molecule has 0 aliphatic rings. The third-order valence-electron chi connectivity index (χ3n) is 2.53. The second-order valence-corrected chi connectivity index (χ2v) is 5.26. The number of ether oxygens (including phenoxy) is 3. The molecule has 0 heterocycles. The van der Waals surface area contributed by atoms with Gasteiger partial charge in [0.1, 0.15) is 6.61 Å². The lowest BCUT2D eigenvalue weighted by molar-refractivity contribution is -0.127. The predicted octanol–water partition coefficient (Wildman–Crippen LogP) is 2.00. The van der Waals surface area contributed by atoms with Gasteiger partial charge in [0.15, 0.2) is 0 Å². The topological polar surface area (TPSA) is 56.8 Å². The van der Waals surface area contributed by atoms with Crippen molar-refractivity contribution in [1.82, 2.24) is 5.32 Å². The summed E-state index contributed by atoms with van der Waals surface area (Å²) >= 11 is 0. The number of carbonyl (C=O) groups excluding carboxylic acids is 1. The number of rotatable bonds is 13. The quantitative estimate of drug-likeness (QED) is 0.527. The van der Waals surface area contributed by atoms with E-state index in [1.165, 1.54) is 0 Å². The molecule has 0 fully saturated rings. The van der Waals surface area contributed by atoms with Crippen LogP contribution >= 0.6 is 0 Å². The standard InChI is InChI=1S/C15H31NO4/c1-5-7-8-19-12-15(17)16-14(10-18-6-2)11-20-9-13(3)4/h13-14H,5-12H2,1-4H3,(H,16,17). The molecule has 1 amide bonds. The van der Waals surface area contributed by atoms with Gasteiger partial charge in [0.2, 0.25) is 5.91 Å². The van der Waals surface area contributed by atoms with E-state index < -0.39 is 0 Å². The zero-order valence-corrected chi connectivity index (χ0v) is 13.4. The number of carbonyl (C=O) groups is 1. The van der Waals surface area contributed by atoms with E-state index in [1.54, 1.807) is 0 Å². The summed E-state index contributed by atoms with van der Waals surface area (Å²) < 4.78 is 16.2. The Morgan fingerprint density at radius 1 is 1.05 bits per heavy atom. The maximum absolute atomic E-state index is 11.7. The third-order valence-corrected chi connectivity index (χ3v) is 2.53. The summed E-state index contributed by atoms with van der Waals surface area (Å²) in [6.45, 7) is 11.2. The summed E-state index contributed by atoms with van der Waals surface area (Å²) in [7, 11) is 0. The summed E-state index contributed by atoms with van der Waals surface area (Å²) in [5, 5.41) is 2.89. The molecule has 5 heteroatoms. The van der Waals surface area contributed by atoms with Crippen LogP contribution in [0.4, 0.5) is 0 Å². The molecule has 0 aliphatic carbocycles. The molecule has 20 heavy (non-hydrogen) atoms. The lowest BCUT2D eigenvalue weighted by atomic mass is 10.2. The van der Waals surface area contributed by atoms with E-state index in [0.29, 0.717) is 39.0 Å². The minimum atomic E-state index is -0.115. The first-order chi connectivity index (χ1) is 9.60. The van der Waals surface area contributed by atoms with Crippen molar-refractivity contribution < 1.29 is 19.0 Å². The molecule has 1 unspecified atom stereocenters. The van der Waals surface area contributed by atoms with Crippen LogP contribution in [0.25, 0.3) is 0 Å². The Bertz CT molecular complexity index is 234. The molecule has 1 atom stereocenters. The fourth-order valence-electron chi connectivity index (χ4n) is 1.52. The van der Waals surface area contributed by atoms with Gasteiger partial charge < -0.3 is 19.5 Å². The van der Waals surface area contributed by atoms with Gasteiger partial charge in [0.25, 0.3) is 0 Å². The van der Waals surface area contributed by atoms with Crippen LogP contribution in [0.5, 0.6) is 0 Å². The van der Waals surface area contributed by atoms with Crippen molar-refractivity contribution in [2.24, 2.45) is 5.92 Å². The first kappa shape index (κ1) is 19.4. The van der Waals surface area contributed by atoms with Crippen molar-refractivity contribution >= 4 is 5.91 Å². The van der Waals surface area contributed by atoms with Crippen molar-refractivity contribution in [3.63, 3.8) is 0 Å². The highest BCUT2D eigenvalue weighted by Crippen LogP contribution is 1.96. The van der Waals surface area contributed by atoms with Crippen LogP contribution in [0.2, 0.25) is 0 Å². The second kappa shape index (κ2) is 13.3. The summed E-state index contributed by atoms with van der Waals surface area (Å²) in [6.07, 6.45) is 2.05. The number of amides is 1. The summed E-state index contributed by atoms with van der Waals surface area (Å²) in [6, 6.07) is -0.115. The van der Waals surface area contributed by atoms with Gasteiger partial charge in [0.05, 0.1) is 19.3 Å². The predicted molar refractivity (Wildman–Crippen MR) is 79.8 cm³/mol. The van der Waals surface area contributed by atoms with Crippen molar-refractivity contribution in [1.29, 1.82) is 0 Å². The molecule has 0 spiro atoms. The van der Waals surface area contributed by atoms with E-state index in [-0.39, 0.29) is 18.6 Å². The SMILES string of the molecule is CCCCOCC(=O)NC(COCC)COCC(C)C. The molecule has 0 aliphatic heterocycles. The number of nitrogens with one attached hydrogen (secondary N) is 1. The molecule has 0 aromatic heterocycles. The molecular formula is C15H31NO4. The van der Waals surface area contributed by atoms with E-state index in [9.17, 15) is 4.79 Å². The Kier molecular flexibility index (Phi) is 12.9. The second-order valence-electron chi connectivity index (χ2n) is 5.26. The minimum Gasteiger partial charge on any atom is -0.380 e. The minimum absolute atomic E-state index is 0.104. The molecule has 0 radical (unpaired) electrons. The van der Waals surface area contributed by atoms with Gasteiger partial charge in [-0.25, -0.2) is 0 Å². The van der Waals surface area contributed by atoms with E-state index in [0.717, 1.165) is 12.8 Å². The zero-order valence-electron chi connectivity index (χ0n) is 13.4. The highest BCUT2D eigenvalue weighted by atomic mass is 16.5. The van der Waals surface area contributed by atoms with E-state index in [4.69, 9.17) is 14.2 Å². The number of unbranched alkanes of at least 4 members (excludes halogenated alkanes) is 1. The Labute approximate surface area is 123 Å². The smallest absolute Gasteiger partial charge is 0.246 e. The van der Waals surface area contributed by atoms with Crippen LogP contribution in [-0.4, -0.2) is 51.6 Å². The van der Waals surface area contributed by atoms with Crippen molar-refractivity contribution in [2.75, 3.05) is 39.6 Å². The largest absolute Gasteiger partial charge is 0.380 e. The lowest BCUT2D eigenvalue weighted by Gasteiger charge is -2.19. The van der Waals surface area contributed by atoms with Crippen LogP contribution < -0.4 is 5.32 Å². The summed E-state index contributed by atoms with van der Waals surface area (Å²) in [5.41, 5.74) is 0. The molecule has 0 bridgehead atoms. The van der Waals surface area contributed by atoms with Crippen molar-refractivity contribution in [3.8, 4) is 0 Å². The fraction of sp³-hybridized carbons (Fsp3) is 0.933. The molecule has 1 N–H and O–H groups in total. The van der Waals surface area contributed by atoms with E-state index in [2.05, 4.69) is 26.1 Å². The Balaban J connectivity index is 3.90. The van der Waals surface area contributed by atoms with Crippen LogP contribution in [0.15, 0.2) is 0 Å². The van der Waals surface area contributed by atoms with E-state index >= 15 is 0 Å². The fourth-order valence-corrected chi connectivity index (χ4v) is 1.52. The van der Waals surface area contributed by atoms with Gasteiger partial charge in [-0.1, -0.05) is 27.2 Å². The van der Waals surface area contributed by atoms with Crippen LogP contribution in [0, 0.1) is 5.92 Å². The first-order valence-electron chi connectivity index (χ1n) is 7.62. The molecule has 0 aromatic carbocycles. The molecule has 0 saturated carbocycles. The maximum atomic E-state index is 11.7. The van der Waals surface area contributed by atoms with Gasteiger partial charge in [-0.2, -0.15) is 0 Å². The molecule has 0 rings (SSSR count). The van der Waals surface area contributed by atoms with Crippen LogP contribution in [-0.2, 0) is 19.0 Å². The molecule has 5 nitrogen and oxygen atoms in total. The highest BCUT2D eigenvalue weighted by Gasteiger charge is 2.13. The van der Waals surface area contributed by atoms with Crippen LogP contribution in [0.3, 0.4) is 0 Å². The Morgan fingerprint density at radius 3 is 2.35 bits per heavy atom. The van der Waals surface area contributed by atoms with Gasteiger partial charge in [-0.05, 0) is 19.3 Å². The molecule has 0 saturated heterocycles. The summed E-state index contributed by atoms with van der Waals surface area (Å²) in [4.78, 5) is 11.7. The first-order valence-corrected chi connectivity index (χ1v) is 7.62. The third kappa shape index (κ3) is 12.4. The van der Waals surface area contributed by atoms with Crippen LogP contribution in [0.1, 0.15) is 40.5 Å². The average molecular weight is 289 g/mol. The number of hydrogen-bond acceptors (Lipinski definition) is 4. The normalized spacial score (nSPS) is 12.7. The average Bonchev–Trinajstić information content (AvgIpc) is 2.40. The monoisotopic (exact) mass is 289 g/mol. The molecular weight excluding hydrogens is 258 g/mol. The van der Waals surface area contributed by atoms with Gasteiger partial charge >= 0.3 is 0 Å². The van der Waals surface area contributed by atoms with Gasteiger partial charge in [0, 0.05) is 19.8 Å². The Hall–Kier alpha value is -0.650.